The fraction of sp³-hybridized carbons (Fsp3) is 0.174. The maximum atomic E-state index is 13.2. The Hall–Kier alpha value is -4.25. The molecule has 1 aliphatic rings. The Balaban J connectivity index is 1.95. The third kappa shape index (κ3) is 5.38. The minimum Gasteiger partial charge on any atom is -0.490 e. The van der Waals surface area contributed by atoms with E-state index in [2.05, 4.69) is 10.1 Å². The Morgan fingerprint density at radius 1 is 1.12 bits per heavy atom. The average molecular weight is 484 g/mol. The molecule has 0 aliphatic carbocycles. The van der Waals surface area contributed by atoms with E-state index >= 15 is 0 Å². The Bertz CT molecular complexity index is 1210. The van der Waals surface area contributed by atoms with Gasteiger partial charge < -0.3 is 19.3 Å². The van der Waals surface area contributed by atoms with Crippen LogP contribution in [0.4, 0.5) is 5.69 Å². The van der Waals surface area contributed by atoms with Crippen LogP contribution in [-0.4, -0.2) is 54.3 Å². The second-order valence-electron chi connectivity index (χ2n) is 6.82. The van der Waals surface area contributed by atoms with E-state index in [1.54, 1.807) is 19.1 Å². The Morgan fingerprint density at radius 2 is 1.88 bits per heavy atom. The van der Waals surface area contributed by atoms with E-state index in [1.165, 1.54) is 43.5 Å². The van der Waals surface area contributed by atoms with Gasteiger partial charge in [-0.3, -0.25) is 19.8 Å². The van der Waals surface area contributed by atoms with Crippen LogP contribution in [0.2, 0.25) is 0 Å². The third-order valence-corrected chi connectivity index (χ3v) is 4.89. The molecule has 2 aromatic rings. The van der Waals surface area contributed by atoms with E-state index in [-0.39, 0.29) is 34.3 Å². The van der Waals surface area contributed by atoms with Gasteiger partial charge in [-0.1, -0.05) is 12.1 Å². The molecule has 11 heteroatoms. The Morgan fingerprint density at radius 3 is 2.56 bits per heavy atom. The predicted molar refractivity (Wildman–Crippen MR) is 125 cm³/mol. The van der Waals surface area contributed by atoms with Gasteiger partial charge in [0.15, 0.2) is 23.2 Å². The first-order valence-corrected chi connectivity index (χ1v) is 10.4. The first-order chi connectivity index (χ1) is 16.2. The molecule has 0 saturated carbocycles. The van der Waals surface area contributed by atoms with E-state index in [0.29, 0.717) is 17.9 Å². The lowest BCUT2D eigenvalue weighted by Gasteiger charge is -2.29. The SMILES string of the molecule is CCOc1cc(C=C2C(=O)NC(=S)N(c3cccc(C(=O)O)c3)C2=O)ccc1OCC(=O)OC. The number of nitrogens with zero attached hydrogens (tertiary/aromatic N) is 1. The van der Waals surface area contributed by atoms with Gasteiger partial charge in [0.25, 0.3) is 11.8 Å². The third-order valence-electron chi connectivity index (χ3n) is 4.60. The predicted octanol–water partition coefficient (Wildman–Crippen LogP) is 2.17. The molecule has 2 aromatic carbocycles. The zero-order valence-electron chi connectivity index (χ0n) is 18.2. The molecular weight excluding hydrogens is 464 g/mol. The second-order valence-corrected chi connectivity index (χ2v) is 7.20. The van der Waals surface area contributed by atoms with Gasteiger partial charge in [0.05, 0.1) is 25.0 Å². The number of esters is 1. The summed E-state index contributed by atoms with van der Waals surface area (Å²) in [7, 11) is 1.24. The summed E-state index contributed by atoms with van der Waals surface area (Å²) in [6, 6.07) is 10.3. The van der Waals surface area contributed by atoms with Gasteiger partial charge >= 0.3 is 11.9 Å². The standard InChI is InChI=1S/C23H20N2O8S/c1-3-32-18-10-13(7-8-17(18)33-12-19(26)31-2)9-16-20(27)24-23(34)25(21(16)28)15-6-4-5-14(11-15)22(29)30/h4-11H,3,12H2,1-2H3,(H,29,30)(H,24,27,34). The number of nitrogens with one attached hydrogen (secondary N) is 1. The highest BCUT2D eigenvalue weighted by Gasteiger charge is 2.34. The fourth-order valence-electron chi connectivity index (χ4n) is 3.03. The van der Waals surface area contributed by atoms with E-state index in [0.717, 1.165) is 4.90 Å². The van der Waals surface area contributed by atoms with Crippen molar-refractivity contribution in [2.75, 3.05) is 25.2 Å². The number of carbonyl (C=O) groups excluding carboxylic acids is 3. The molecule has 176 valence electrons. The molecule has 0 spiro atoms. The smallest absolute Gasteiger partial charge is 0.343 e. The minimum atomic E-state index is -1.17. The van der Waals surface area contributed by atoms with Gasteiger partial charge in [-0.2, -0.15) is 0 Å². The van der Waals surface area contributed by atoms with Crippen molar-refractivity contribution in [3.63, 3.8) is 0 Å². The van der Waals surface area contributed by atoms with Crippen molar-refractivity contribution < 1.29 is 38.5 Å². The van der Waals surface area contributed by atoms with Crippen LogP contribution < -0.4 is 19.7 Å². The normalized spacial score (nSPS) is 14.6. The number of rotatable bonds is 8. The lowest BCUT2D eigenvalue weighted by atomic mass is 10.1. The number of hydrogen-bond donors (Lipinski definition) is 2. The van der Waals surface area contributed by atoms with Crippen LogP contribution in [0.5, 0.6) is 11.5 Å². The monoisotopic (exact) mass is 484 g/mol. The number of benzene rings is 2. The zero-order valence-corrected chi connectivity index (χ0v) is 19.0. The first-order valence-electron chi connectivity index (χ1n) is 9.96. The Labute approximate surface area is 199 Å². The molecule has 1 fully saturated rings. The average Bonchev–Trinajstić information content (AvgIpc) is 2.81. The van der Waals surface area contributed by atoms with E-state index in [9.17, 15) is 24.3 Å². The number of thiocarbonyl (C=S) groups is 1. The molecule has 3 rings (SSSR count). The van der Waals surface area contributed by atoms with Gasteiger partial charge in [0.2, 0.25) is 0 Å². The molecule has 0 aromatic heterocycles. The van der Waals surface area contributed by atoms with Crippen LogP contribution in [0.15, 0.2) is 48.0 Å². The van der Waals surface area contributed by atoms with Crippen LogP contribution in [-0.2, 0) is 19.1 Å². The topological polar surface area (TPSA) is 131 Å². The summed E-state index contributed by atoms with van der Waals surface area (Å²) in [5, 5.41) is 11.5. The number of methoxy groups -OCH3 is 1. The molecular formula is C23H20N2O8S. The molecule has 0 bridgehead atoms. The molecule has 1 aliphatic heterocycles. The van der Waals surface area contributed by atoms with Crippen LogP contribution in [0, 0.1) is 0 Å². The Kier molecular flexibility index (Phi) is 7.59. The van der Waals surface area contributed by atoms with Crippen LogP contribution in [0.1, 0.15) is 22.8 Å². The lowest BCUT2D eigenvalue weighted by Crippen LogP contribution is -2.54. The molecule has 0 radical (unpaired) electrons. The van der Waals surface area contributed by atoms with Gasteiger partial charge in [-0.05, 0) is 61.1 Å². The summed E-state index contributed by atoms with van der Waals surface area (Å²) in [5.74, 6) is -2.59. The van der Waals surface area contributed by atoms with Crippen molar-refractivity contribution in [2.45, 2.75) is 6.92 Å². The van der Waals surface area contributed by atoms with Crippen molar-refractivity contribution in [1.29, 1.82) is 0 Å². The molecule has 10 nitrogen and oxygen atoms in total. The van der Waals surface area contributed by atoms with Crippen molar-refractivity contribution in [1.82, 2.24) is 5.32 Å². The second kappa shape index (κ2) is 10.6. The first kappa shape index (κ1) is 24.4. The van der Waals surface area contributed by atoms with Gasteiger partial charge in [0, 0.05) is 0 Å². The number of anilines is 1. The highest BCUT2D eigenvalue weighted by molar-refractivity contribution is 7.80. The fourth-order valence-corrected chi connectivity index (χ4v) is 3.32. The van der Waals surface area contributed by atoms with Crippen molar-refractivity contribution >= 4 is 52.8 Å². The maximum Gasteiger partial charge on any atom is 0.343 e. The van der Waals surface area contributed by atoms with Crippen molar-refractivity contribution in [3.05, 3.63) is 59.2 Å². The molecule has 1 saturated heterocycles. The van der Waals surface area contributed by atoms with E-state index in [4.69, 9.17) is 21.7 Å². The van der Waals surface area contributed by atoms with E-state index < -0.39 is 23.8 Å². The van der Waals surface area contributed by atoms with Gasteiger partial charge in [-0.25, -0.2) is 9.59 Å². The molecule has 0 unspecified atom stereocenters. The van der Waals surface area contributed by atoms with Crippen molar-refractivity contribution in [2.24, 2.45) is 0 Å². The number of amides is 2. The van der Waals surface area contributed by atoms with Gasteiger partial charge in [0.1, 0.15) is 5.57 Å². The minimum absolute atomic E-state index is 0.0422. The number of carboxylic acids is 1. The number of hydrogen-bond acceptors (Lipinski definition) is 8. The van der Waals surface area contributed by atoms with Crippen molar-refractivity contribution in [3.8, 4) is 11.5 Å². The number of carbonyl (C=O) groups is 4. The summed E-state index contributed by atoms with van der Waals surface area (Å²) < 4.78 is 15.5. The van der Waals surface area contributed by atoms with Crippen LogP contribution in [0.25, 0.3) is 6.08 Å². The lowest BCUT2D eigenvalue weighted by molar-refractivity contribution is -0.143. The summed E-state index contributed by atoms with van der Waals surface area (Å²) >= 11 is 5.15. The molecule has 2 N–H and O–H groups in total. The molecule has 1 heterocycles. The molecule has 2 amide bonds. The number of carboxylic acid groups (broad SMARTS) is 1. The zero-order chi connectivity index (χ0) is 24.8. The van der Waals surface area contributed by atoms with Crippen LogP contribution >= 0.6 is 12.2 Å². The number of ether oxygens (including phenoxy) is 3. The highest BCUT2D eigenvalue weighted by Crippen LogP contribution is 2.30. The maximum absolute atomic E-state index is 13.2. The highest BCUT2D eigenvalue weighted by atomic mass is 32.1. The molecule has 0 atom stereocenters. The number of aromatic carboxylic acids is 1. The van der Waals surface area contributed by atoms with Gasteiger partial charge in [-0.15, -0.1) is 0 Å². The summed E-state index contributed by atoms with van der Waals surface area (Å²) in [5.41, 5.74) is 0.376. The van der Waals surface area contributed by atoms with E-state index in [1.807, 2.05) is 0 Å². The summed E-state index contributed by atoms with van der Waals surface area (Å²) in [4.78, 5) is 49.4. The largest absolute Gasteiger partial charge is 0.490 e. The quantitative estimate of drug-likeness (QED) is 0.250. The summed E-state index contributed by atoms with van der Waals surface area (Å²) in [6.07, 6.45) is 1.35. The summed E-state index contributed by atoms with van der Waals surface area (Å²) in [6.45, 7) is 1.74. The van der Waals surface area contributed by atoms with Crippen LogP contribution in [0.3, 0.4) is 0 Å². The molecule has 34 heavy (non-hydrogen) atoms.